The third-order valence-electron chi connectivity index (χ3n) is 3.50. The molecule has 3 heteroatoms. The third kappa shape index (κ3) is 5.74. The van der Waals surface area contributed by atoms with Crippen LogP contribution in [-0.2, 0) is 9.53 Å². The summed E-state index contributed by atoms with van der Waals surface area (Å²) >= 11 is 0. The van der Waals surface area contributed by atoms with Gasteiger partial charge in [-0.1, -0.05) is 50.1 Å². The number of ether oxygens (including phenoxy) is 1. The van der Waals surface area contributed by atoms with E-state index in [0.717, 1.165) is 25.7 Å². The molecule has 1 heterocycles. The second kappa shape index (κ2) is 9.54. The maximum atomic E-state index is 11.4. The molecular weight excluding hydrogens is 252 g/mol. The SMILES string of the molecule is C=C/C=C/CCCCCCC/C=C1/C(=O)O[C@H](C)[C@@H]1O. The lowest BCUT2D eigenvalue weighted by atomic mass is 10.0. The van der Waals surface area contributed by atoms with Crippen molar-refractivity contribution in [2.24, 2.45) is 0 Å². The number of aliphatic hydroxyl groups is 1. The summed E-state index contributed by atoms with van der Waals surface area (Å²) in [6.07, 6.45) is 14.5. The molecule has 0 bridgehead atoms. The van der Waals surface area contributed by atoms with Gasteiger partial charge in [0.2, 0.25) is 0 Å². The molecule has 3 nitrogen and oxygen atoms in total. The lowest BCUT2D eigenvalue weighted by Gasteiger charge is -2.04. The summed E-state index contributed by atoms with van der Waals surface area (Å²) in [6.45, 7) is 5.35. The Labute approximate surface area is 122 Å². The number of carbonyl (C=O) groups is 1. The van der Waals surface area contributed by atoms with Crippen molar-refractivity contribution in [2.45, 2.75) is 64.1 Å². The summed E-state index contributed by atoms with van der Waals surface area (Å²) in [5.41, 5.74) is 0.437. The monoisotopic (exact) mass is 278 g/mol. The molecular formula is C17H26O3. The Morgan fingerprint density at radius 2 is 1.85 bits per heavy atom. The zero-order valence-corrected chi connectivity index (χ0v) is 12.4. The fourth-order valence-corrected chi connectivity index (χ4v) is 2.27. The van der Waals surface area contributed by atoms with Crippen molar-refractivity contribution in [3.05, 3.63) is 36.5 Å². The van der Waals surface area contributed by atoms with Crippen LogP contribution in [0.15, 0.2) is 36.5 Å². The predicted octanol–water partition coefficient (Wildman–Crippen LogP) is 3.69. The summed E-state index contributed by atoms with van der Waals surface area (Å²) in [5.74, 6) is -0.362. The number of hydrogen-bond donors (Lipinski definition) is 1. The molecule has 2 atom stereocenters. The van der Waals surface area contributed by atoms with E-state index in [0.29, 0.717) is 5.57 Å². The molecule has 1 fully saturated rings. The van der Waals surface area contributed by atoms with E-state index in [1.807, 2.05) is 12.2 Å². The first kappa shape index (κ1) is 16.7. The molecule has 1 aliphatic heterocycles. The molecule has 0 amide bonds. The molecule has 0 aromatic rings. The predicted molar refractivity (Wildman–Crippen MR) is 81.3 cm³/mol. The number of rotatable bonds is 9. The second-order valence-electron chi connectivity index (χ2n) is 5.22. The summed E-state index contributed by atoms with van der Waals surface area (Å²) in [5, 5.41) is 9.74. The molecule has 112 valence electrons. The number of unbranched alkanes of at least 4 members (excludes halogenated alkanes) is 6. The minimum Gasteiger partial charge on any atom is -0.456 e. The molecule has 0 radical (unpaired) electrons. The van der Waals surface area contributed by atoms with Crippen molar-refractivity contribution in [3.63, 3.8) is 0 Å². The highest BCUT2D eigenvalue weighted by atomic mass is 16.6. The highest BCUT2D eigenvalue weighted by molar-refractivity contribution is 5.92. The molecule has 1 rings (SSSR count). The van der Waals surface area contributed by atoms with E-state index >= 15 is 0 Å². The van der Waals surface area contributed by atoms with E-state index in [9.17, 15) is 9.90 Å². The van der Waals surface area contributed by atoms with E-state index in [2.05, 4.69) is 12.7 Å². The van der Waals surface area contributed by atoms with Crippen molar-refractivity contribution < 1.29 is 14.6 Å². The largest absolute Gasteiger partial charge is 0.456 e. The van der Waals surface area contributed by atoms with Gasteiger partial charge in [-0.2, -0.15) is 0 Å². The van der Waals surface area contributed by atoms with E-state index in [-0.39, 0.29) is 5.97 Å². The third-order valence-corrected chi connectivity index (χ3v) is 3.50. The van der Waals surface area contributed by atoms with E-state index < -0.39 is 12.2 Å². The standard InChI is InChI=1S/C17H26O3/c1-3-4-5-6-7-8-9-10-11-12-13-15-16(18)14(2)20-17(15)19/h3-5,13-14,16,18H,1,6-12H2,2H3/b5-4+,15-13+/t14-,16+/m1/s1. The Kier molecular flexibility index (Phi) is 7.97. The Morgan fingerprint density at radius 3 is 2.45 bits per heavy atom. The van der Waals surface area contributed by atoms with Crippen molar-refractivity contribution in [2.75, 3.05) is 0 Å². The normalized spacial score (nSPS) is 24.5. The maximum Gasteiger partial charge on any atom is 0.336 e. The molecule has 0 aliphatic carbocycles. The minimum atomic E-state index is -0.751. The van der Waals surface area contributed by atoms with Crippen LogP contribution in [0.4, 0.5) is 0 Å². The van der Waals surface area contributed by atoms with Crippen molar-refractivity contribution in [1.29, 1.82) is 0 Å². The average Bonchev–Trinajstić information content (AvgIpc) is 2.67. The molecule has 0 aromatic heterocycles. The first-order chi connectivity index (χ1) is 9.66. The number of carbonyl (C=O) groups excluding carboxylic acids is 1. The quantitative estimate of drug-likeness (QED) is 0.303. The Bertz CT molecular complexity index is 368. The van der Waals surface area contributed by atoms with Gasteiger partial charge < -0.3 is 9.84 Å². The molecule has 0 unspecified atom stereocenters. The van der Waals surface area contributed by atoms with Crippen LogP contribution in [0, 0.1) is 0 Å². The van der Waals surface area contributed by atoms with Crippen molar-refractivity contribution in [3.8, 4) is 0 Å². The van der Waals surface area contributed by atoms with Crippen LogP contribution in [0.5, 0.6) is 0 Å². The van der Waals surface area contributed by atoms with Crippen LogP contribution >= 0.6 is 0 Å². The van der Waals surface area contributed by atoms with Crippen LogP contribution in [0.2, 0.25) is 0 Å². The smallest absolute Gasteiger partial charge is 0.336 e. The first-order valence-electron chi connectivity index (χ1n) is 7.53. The van der Waals surface area contributed by atoms with Gasteiger partial charge in [0.05, 0.1) is 5.57 Å². The topological polar surface area (TPSA) is 46.5 Å². The molecule has 20 heavy (non-hydrogen) atoms. The molecule has 0 aromatic carbocycles. The number of hydrogen-bond acceptors (Lipinski definition) is 3. The van der Waals surface area contributed by atoms with Gasteiger partial charge in [0.1, 0.15) is 12.2 Å². The summed E-state index contributed by atoms with van der Waals surface area (Å²) in [4.78, 5) is 11.4. The lowest BCUT2D eigenvalue weighted by molar-refractivity contribution is -0.138. The zero-order chi connectivity index (χ0) is 14.8. The number of cyclic esters (lactones) is 1. The fourth-order valence-electron chi connectivity index (χ4n) is 2.27. The molecule has 0 spiro atoms. The van der Waals surface area contributed by atoms with Gasteiger partial charge >= 0.3 is 5.97 Å². The molecule has 0 saturated carbocycles. The van der Waals surface area contributed by atoms with Crippen LogP contribution in [0.1, 0.15) is 51.9 Å². The van der Waals surface area contributed by atoms with Crippen molar-refractivity contribution >= 4 is 5.97 Å². The molecule has 1 aliphatic rings. The van der Waals surface area contributed by atoms with Crippen LogP contribution in [0.25, 0.3) is 0 Å². The number of aliphatic hydroxyl groups excluding tert-OH is 1. The van der Waals surface area contributed by atoms with Gasteiger partial charge in [-0.05, 0) is 32.6 Å². The molecule has 1 N–H and O–H groups in total. The van der Waals surface area contributed by atoms with Crippen molar-refractivity contribution in [1.82, 2.24) is 0 Å². The lowest BCUT2D eigenvalue weighted by Crippen LogP contribution is -2.17. The Balaban J connectivity index is 2.06. The highest BCUT2D eigenvalue weighted by Gasteiger charge is 2.34. The maximum absolute atomic E-state index is 11.4. The summed E-state index contributed by atoms with van der Waals surface area (Å²) in [7, 11) is 0. The van der Waals surface area contributed by atoms with Crippen LogP contribution < -0.4 is 0 Å². The van der Waals surface area contributed by atoms with Crippen LogP contribution in [0.3, 0.4) is 0 Å². The van der Waals surface area contributed by atoms with Gasteiger partial charge in [-0.25, -0.2) is 4.79 Å². The van der Waals surface area contributed by atoms with Crippen LogP contribution in [-0.4, -0.2) is 23.3 Å². The van der Waals surface area contributed by atoms with Gasteiger partial charge in [0.25, 0.3) is 0 Å². The van der Waals surface area contributed by atoms with E-state index in [1.165, 1.54) is 19.3 Å². The fraction of sp³-hybridized carbons (Fsp3) is 0.588. The zero-order valence-electron chi connectivity index (χ0n) is 12.4. The second-order valence-corrected chi connectivity index (χ2v) is 5.22. The summed E-state index contributed by atoms with van der Waals surface area (Å²) < 4.78 is 4.96. The number of allylic oxidation sites excluding steroid dienone is 4. The van der Waals surface area contributed by atoms with Gasteiger partial charge in [-0.15, -0.1) is 0 Å². The highest BCUT2D eigenvalue weighted by Crippen LogP contribution is 2.21. The minimum absolute atomic E-state index is 0.362. The molecule has 1 saturated heterocycles. The van der Waals surface area contributed by atoms with E-state index in [4.69, 9.17) is 4.74 Å². The Morgan fingerprint density at radius 1 is 1.20 bits per heavy atom. The first-order valence-corrected chi connectivity index (χ1v) is 7.53. The number of esters is 1. The van der Waals surface area contributed by atoms with E-state index in [1.54, 1.807) is 13.0 Å². The van der Waals surface area contributed by atoms with Gasteiger partial charge in [0.15, 0.2) is 0 Å². The van der Waals surface area contributed by atoms with Gasteiger partial charge in [0, 0.05) is 0 Å². The van der Waals surface area contributed by atoms with Gasteiger partial charge in [-0.3, -0.25) is 0 Å². The average molecular weight is 278 g/mol. The summed E-state index contributed by atoms with van der Waals surface area (Å²) in [6, 6.07) is 0. The Hall–Kier alpha value is -1.35.